The van der Waals surface area contributed by atoms with Gasteiger partial charge in [0.1, 0.15) is 11.5 Å². The number of hydrogen-bond donors (Lipinski definition) is 3. The number of hydrogen-bond acceptors (Lipinski definition) is 4. The number of H-pyrrole nitrogens is 1. The molecule has 3 N–H and O–H groups in total. The smallest absolute Gasteiger partial charge is 0.295 e. The van der Waals surface area contributed by atoms with E-state index in [0.29, 0.717) is 22.6 Å². The molecule has 0 aliphatic carbocycles. The Labute approximate surface area is 200 Å². The summed E-state index contributed by atoms with van der Waals surface area (Å²) >= 11 is 5.97. The van der Waals surface area contributed by atoms with Crippen molar-refractivity contribution in [3.8, 4) is 5.75 Å². The molecule has 0 radical (unpaired) electrons. The maximum absolute atomic E-state index is 13.1. The van der Waals surface area contributed by atoms with E-state index in [4.69, 9.17) is 11.6 Å². The normalized spacial score (nSPS) is 17.6. The third-order valence-corrected chi connectivity index (χ3v) is 6.42. The topological polar surface area (TPSA) is 93.6 Å². The van der Waals surface area contributed by atoms with Gasteiger partial charge in [-0.1, -0.05) is 41.9 Å². The van der Waals surface area contributed by atoms with Crippen molar-refractivity contribution < 1.29 is 19.8 Å². The van der Waals surface area contributed by atoms with Gasteiger partial charge in [0, 0.05) is 34.2 Å². The monoisotopic (exact) mass is 472 g/mol. The molecule has 1 saturated heterocycles. The molecule has 1 unspecified atom stereocenters. The summed E-state index contributed by atoms with van der Waals surface area (Å²) in [5.41, 5.74) is 3.04. The number of benzene rings is 3. The summed E-state index contributed by atoms with van der Waals surface area (Å²) in [5.74, 6) is -1.61. The van der Waals surface area contributed by atoms with Crippen LogP contribution >= 0.6 is 11.6 Å². The highest BCUT2D eigenvalue weighted by atomic mass is 35.5. The molecule has 1 aliphatic heterocycles. The lowest BCUT2D eigenvalue weighted by atomic mass is 9.95. The van der Waals surface area contributed by atoms with Crippen molar-refractivity contribution in [2.75, 3.05) is 6.54 Å². The number of aromatic nitrogens is 1. The number of carbonyl (C=O) groups is 2. The van der Waals surface area contributed by atoms with E-state index >= 15 is 0 Å². The second kappa shape index (κ2) is 8.72. The van der Waals surface area contributed by atoms with Crippen molar-refractivity contribution in [3.05, 3.63) is 106 Å². The van der Waals surface area contributed by atoms with Gasteiger partial charge in [-0.25, -0.2) is 0 Å². The van der Waals surface area contributed by atoms with E-state index in [1.807, 2.05) is 30.5 Å². The van der Waals surface area contributed by atoms with Crippen LogP contribution in [-0.2, 0) is 16.0 Å². The number of Topliss-reactive ketones (excluding diaryl/α,β-unsaturated/α-hetero) is 1. The van der Waals surface area contributed by atoms with Crippen LogP contribution in [0.1, 0.15) is 22.7 Å². The first kappa shape index (κ1) is 21.8. The Bertz CT molecular complexity index is 1420. The van der Waals surface area contributed by atoms with Gasteiger partial charge in [-0.3, -0.25) is 9.59 Å². The Balaban J connectivity index is 1.56. The van der Waals surface area contributed by atoms with Crippen LogP contribution in [0.4, 0.5) is 0 Å². The van der Waals surface area contributed by atoms with E-state index < -0.39 is 17.7 Å². The Morgan fingerprint density at radius 3 is 2.41 bits per heavy atom. The summed E-state index contributed by atoms with van der Waals surface area (Å²) in [6, 6.07) is 19.8. The number of carbonyl (C=O) groups excluding carboxylic acids is 2. The SMILES string of the molecule is O=C1C(=O)N(CCc2c[nH]c3ccccc23)C(c2ccc(O)cc2)/C1=C(\O)c1ccc(Cl)cc1. The molecule has 0 bridgehead atoms. The van der Waals surface area contributed by atoms with E-state index in [0.717, 1.165) is 16.5 Å². The van der Waals surface area contributed by atoms with Gasteiger partial charge in [0.05, 0.1) is 11.6 Å². The molecule has 0 spiro atoms. The number of nitrogens with zero attached hydrogens (tertiary/aromatic N) is 1. The zero-order valence-corrected chi connectivity index (χ0v) is 18.8. The van der Waals surface area contributed by atoms with E-state index in [-0.39, 0.29) is 23.6 Å². The quantitative estimate of drug-likeness (QED) is 0.211. The van der Waals surface area contributed by atoms with Crippen molar-refractivity contribution in [3.63, 3.8) is 0 Å². The molecule has 7 heteroatoms. The van der Waals surface area contributed by atoms with Gasteiger partial charge in [-0.15, -0.1) is 0 Å². The summed E-state index contributed by atoms with van der Waals surface area (Å²) in [6.45, 7) is 0.273. The maximum atomic E-state index is 13.1. The number of aliphatic hydroxyl groups is 1. The number of aromatic hydroxyl groups is 1. The predicted octanol–water partition coefficient (Wildman–Crippen LogP) is 5.19. The van der Waals surface area contributed by atoms with Gasteiger partial charge in [0.25, 0.3) is 11.7 Å². The summed E-state index contributed by atoms with van der Waals surface area (Å²) < 4.78 is 0. The van der Waals surface area contributed by atoms with Gasteiger partial charge in [-0.2, -0.15) is 0 Å². The average Bonchev–Trinajstić information content (AvgIpc) is 3.37. The van der Waals surface area contributed by atoms with Crippen LogP contribution in [0.25, 0.3) is 16.7 Å². The summed E-state index contributed by atoms with van der Waals surface area (Å²) in [5, 5.41) is 22.4. The fraction of sp³-hybridized carbons (Fsp3) is 0.111. The number of ketones is 1. The molecule has 3 aromatic carbocycles. The van der Waals surface area contributed by atoms with Crippen molar-refractivity contribution in [2.24, 2.45) is 0 Å². The van der Waals surface area contributed by atoms with Crippen LogP contribution in [0.5, 0.6) is 5.75 Å². The Kier molecular flexibility index (Phi) is 5.59. The van der Waals surface area contributed by atoms with Crippen LogP contribution in [0.3, 0.4) is 0 Å². The number of para-hydroxylation sites is 1. The summed E-state index contributed by atoms with van der Waals surface area (Å²) in [6.07, 6.45) is 2.43. The number of amides is 1. The highest BCUT2D eigenvalue weighted by molar-refractivity contribution is 6.46. The standard InChI is InChI=1S/C27H21ClN2O4/c28-19-9-5-17(6-10-19)25(32)23-24(16-7-11-20(31)12-8-16)30(27(34)26(23)33)14-13-18-15-29-22-4-2-1-3-21(18)22/h1-12,15,24,29,31-32H,13-14H2/b25-23+. The number of likely N-dealkylation sites (tertiary alicyclic amines) is 1. The number of phenols is 1. The maximum Gasteiger partial charge on any atom is 0.295 e. The summed E-state index contributed by atoms with van der Waals surface area (Å²) in [4.78, 5) is 31.0. The van der Waals surface area contributed by atoms with Crippen LogP contribution in [0.2, 0.25) is 5.02 Å². The molecule has 1 fully saturated rings. The molecule has 1 aliphatic rings. The first-order valence-electron chi connectivity index (χ1n) is 10.8. The van der Waals surface area contributed by atoms with Crippen molar-refractivity contribution in [2.45, 2.75) is 12.5 Å². The molecule has 4 aromatic rings. The second-order valence-electron chi connectivity index (χ2n) is 8.20. The zero-order chi connectivity index (χ0) is 23.8. The number of fused-ring (bicyclic) bond motifs is 1. The lowest BCUT2D eigenvalue weighted by Gasteiger charge is -2.25. The Hall–Kier alpha value is -4.03. The number of aliphatic hydroxyl groups excluding tert-OH is 1. The van der Waals surface area contributed by atoms with Crippen LogP contribution in [0, 0.1) is 0 Å². The molecule has 5 rings (SSSR count). The first-order valence-corrected chi connectivity index (χ1v) is 11.2. The molecular formula is C27H21ClN2O4. The van der Waals surface area contributed by atoms with Gasteiger partial charge in [0.15, 0.2) is 0 Å². The van der Waals surface area contributed by atoms with Crippen LogP contribution < -0.4 is 0 Å². The molecule has 6 nitrogen and oxygen atoms in total. The largest absolute Gasteiger partial charge is 0.508 e. The predicted molar refractivity (Wildman–Crippen MR) is 131 cm³/mol. The molecule has 1 amide bonds. The zero-order valence-electron chi connectivity index (χ0n) is 18.0. The summed E-state index contributed by atoms with van der Waals surface area (Å²) in [7, 11) is 0. The third kappa shape index (κ3) is 3.82. The Morgan fingerprint density at radius 2 is 1.68 bits per heavy atom. The minimum atomic E-state index is -0.790. The van der Waals surface area contributed by atoms with Gasteiger partial charge in [0.2, 0.25) is 0 Å². The van der Waals surface area contributed by atoms with Crippen molar-refractivity contribution in [1.29, 1.82) is 0 Å². The number of aromatic amines is 1. The molecule has 1 aromatic heterocycles. The van der Waals surface area contributed by atoms with Gasteiger partial charge >= 0.3 is 0 Å². The van der Waals surface area contributed by atoms with E-state index in [1.54, 1.807) is 36.4 Å². The van der Waals surface area contributed by atoms with Gasteiger partial charge < -0.3 is 20.1 Å². The number of halogens is 1. The number of rotatable bonds is 5. The van der Waals surface area contributed by atoms with E-state index in [2.05, 4.69) is 4.98 Å². The fourth-order valence-electron chi connectivity index (χ4n) is 4.46. The highest BCUT2D eigenvalue weighted by Crippen LogP contribution is 2.40. The molecule has 0 saturated carbocycles. The van der Waals surface area contributed by atoms with Crippen LogP contribution in [0.15, 0.2) is 84.6 Å². The number of phenolic OH excluding ortho intramolecular Hbond substituents is 1. The first-order chi connectivity index (χ1) is 16.4. The molecular weight excluding hydrogens is 452 g/mol. The molecule has 2 heterocycles. The minimum Gasteiger partial charge on any atom is -0.508 e. The third-order valence-electron chi connectivity index (χ3n) is 6.16. The molecule has 170 valence electrons. The van der Waals surface area contributed by atoms with Crippen molar-refractivity contribution in [1.82, 2.24) is 9.88 Å². The van der Waals surface area contributed by atoms with Crippen LogP contribution in [-0.4, -0.2) is 38.3 Å². The molecule has 1 atom stereocenters. The number of nitrogens with one attached hydrogen (secondary N) is 1. The lowest BCUT2D eigenvalue weighted by Crippen LogP contribution is -2.31. The second-order valence-corrected chi connectivity index (χ2v) is 8.64. The van der Waals surface area contributed by atoms with E-state index in [9.17, 15) is 19.8 Å². The average molecular weight is 473 g/mol. The highest BCUT2D eigenvalue weighted by Gasteiger charge is 2.45. The minimum absolute atomic E-state index is 0.0111. The van der Waals surface area contributed by atoms with E-state index in [1.165, 1.54) is 17.0 Å². The fourth-order valence-corrected chi connectivity index (χ4v) is 4.58. The Morgan fingerprint density at radius 1 is 0.971 bits per heavy atom. The van der Waals surface area contributed by atoms with Crippen molar-refractivity contribution >= 4 is 40.0 Å². The lowest BCUT2D eigenvalue weighted by molar-refractivity contribution is -0.139. The molecule has 34 heavy (non-hydrogen) atoms. The van der Waals surface area contributed by atoms with Gasteiger partial charge in [-0.05, 0) is 60.0 Å².